The fourth-order valence-corrected chi connectivity index (χ4v) is 3.57. The maximum absolute atomic E-state index is 3.57. The zero-order chi connectivity index (χ0) is 15.2. The summed E-state index contributed by atoms with van der Waals surface area (Å²) < 4.78 is 1.13. The molecule has 0 heterocycles. The largest absolute Gasteiger partial charge is 0.313 e. The van der Waals surface area contributed by atoms with Crippen LogP contribution in [-0.4, -0.2) is 6.54 Å². The standard InChI is InChI=1S/C18H22BrNS/c1-4-20-12-15-5-8-16(19)11-18(15)21-17-9-6-14(7-10-17)13(2)3/h5-11,13,20H,4,12H2,1-3H3. The van der Waals surface area contributed by atoms with Gasteiger partial charge >= 0.3 is 0 Å². The van der Waals surface area contributed by atoms with Gasteiger partial charge in [-0.25, -0.2) is 0 Å². The highest BCUT2D eigenvalue weighted by atomic mass is 79.9. The molecular formula is C18H22BrNS. The van der Waals surface area contributed by atoms with Crippen LogP contribution in [0.1, 0.15) is 37.8 Å². The van der Waals surface area contributed by atoms with Crippen LogP contribution in [-0.2, 0) is 6.54 Å². The van der Waals surface area contributed by atoms with Gasteiger partial charge in [0, 0.05) is 20.8 Å². The van der Waals surface area contributed by atoms with Crippen molar-refractivity contribution in [3.8, 4) is 0 Å². The van der Waals surface area contributed by atoms with Crippen LogP contribution >= 0.6 is 27.7 Å². The molecule has 0 saturated carbocycles. The summed E-state index contributed by atoms with van der Waals surface area (Å²) in [5, 5.41) is 3.41. The van der Waals surface area contributed by atoms with E-state index in [0.717, 1.165) is 17.6 Å². The average molecular weight is 364 g/mol. The number of hydrogen-bond acceptors (Lipinski definition) is 2. The second kappa shape index (κ2) is 8.02. The van der Waals surface area contributed by atoms with E-state index in [4.69, 9.17) is 0 Å². The third-order valence-electron chi connectivity index (χ3n) is 3.37. The van der Waals surface area contributed by atoms with Crippen LogP contribution in [0.3, 0.4) is 0 Å². The molecular weight excluding hydrogens is 342 g/mol. The van der Waals surface area contributed by atoms with Crippen molar-refractivity contribution in [3.05, 3.63) is 58.1 Å². The molecule has 1 N–H and O–H groups in total. The van der Waals surface area contributed by atoms with Crippen LogP contribution in [0.15, 0.2) is 56.7 Å². The summed E-state index contributed by atoms with van der Waals surface area (Å²) >= 11 is 5.40. The monoisotopic (exact) mass is 363 g/mol. The molecule has 0 amide bonds. The molecule has 1 nitrogen and oxygen atoms in total. The predicted molar refractivity (Wildman–Crippen MR) is 96.2 cm³/mol. The first-order valence-corrected chi connectivity index (χ1v) is 8.98. The van der Waals surface area contributed by atoms with E-state index in [1.165, 1.54) is 20.9 Å². The van der Waals surface area contributed by atoms with Gasteiger partial charge in [0.25, 0.3) is 0 Å². The lowest BCUT2D eigenvalue weighted by molar-refractivity contribution is 0.718. The van der Waals surface area contributed by atoms with Gasteiger partial charge in [0.05, 0.1) is 0 Å². The zero-order valence-electron chi connectivity index (χ0n) is 12.8. The number of rotatable bonds is 6. The molecule has 2 aromatic carbocycles. The maximum atomic E-state index is 3.57. The van der Waals surface area contributed by atoms with Gasteiger partial charge < -0.3 is 5.32 Å². The molecule has 0 radical (unpaired) electrons. The van der Waals surface area contributed by atoms with E-state index < -0.39 is 0 Å². The van der Waals surface area contributed by atoms with Crippen molar-refractivity contribution < 1.29 is 0 Å². The Morgan fingerprint density at radius 1 is 1.10 bits per heavy atom. The van der Waals surface area contributed by atoms with Crippen molar-refractivity contribution in [2.75, 3.05) is 6.54 Å². The number of nitrogens with one attached hydrogen (secondary N) is 1. The van der Waals surface area contributed by atoms with Crippen molar-refractivity contribution >= 4 is 27.7 Å². The highest BCUT2D eigenvalue weighted by Crippen LogP contribution is 2.33. The van der Waals surface area contributed by atoms with E-state index in [1.54, 1.807) is 0 Å². The average Bonchev–Trinajstić information content (AvgIpc) is 2.47. The molecule has 0 bridgehead atoms. The van der Waals surface area contributed by atoms with E-state index in [9.17, 15) is 0 Å². The molecule has 0 aliphatic rings. The first-order chi connectivity index (χ1) is 10.1. The van der Waals surface area contributed by atoms with Gasteiger partial charge in [-0.2, -0.15) is 0 Å². The number of halogens is 1. The summed E-state index contributed by atoms with van der Waals surface area (Å²) in [7, 11) is 0. The molecule has 21 heavy (non-hydrogen) atoms. The minimum atomic E-state index is 0.583. The predicted octanol–water partition coefficient (Wildman–Crippen LogP) is 5.83. The quantitative estimate of drug-likeness (QED) is 0.692. The number of hydrogen-bond donors (Lipinski definition) is 1. The van der Waals surface area contributed by atoms with Crippen molar-refractivity contribution in [2.45, 2.75) is 43.0 Å². The molecule has 0 atom stereocenters. The summed E-state index contributed by atoms with van der Waals surface area (Å²) in [6.45, 7) is 8.49. The minimum Gasteiger partial charge on any atom is -0.313 e. The van der Waals surface area contributed by atoms with Crippen LogP contribution in [0.2, 0.25) is 0 Å². The Labute approximate surface area is 140 Å². The maximum Gasteiger partial charge on any atom is 0.0216 e. The Morgan fingerprint density at radius 2 is 1.81 bits per heavy atom. The van der Waals surface area contributed by atoms with Gasteiger partial charge in [-0.1, -0.05) is 66.7 Å². The number of benzene rings is 2. The lowest BCUT2D eigenvalue weighted by Crippen LogP contribution is -2.12. The second-order valence-corrected chi connectivity index (χ2v) is 7.39. The molecule has 2 aromatic rings. The van der Waals surface area contributed by atoms with E-state index in [1.807, 2.05) is 11.8 Å². The van der Waals surface area contributed by atoms with Crippen LogP contribution in [0.5, 0.6) is 0 Å². The first-order valence-electron chi connectivity index (χ1n) is 7.37. The minimum absolute atomic E-state index is 0.583. The Bertz CT molecular complexity index is 578. The van der Waals surface area contributed by atoms with E-state index in [-0.39, 0.29) is 0 Å². The van der Waals surface area contributed by atoms with E-state index in [2.05, 4.69) is 84.5 Å². The molecule has 0 aliphatic carbocycles. The SMILES string of the molecule is CCNCc1ccc(Br)cc1Sc1ccc(C(C)C)cc1. The molecule has 0 aromatic heterocycles. The topological polar surface area (TPSA) is 12.0 Å². The Hall–Kier alpha value is -0.770. The molecule has 0 fully saturated rings. The van der Waals surface area contributed by atoms with Crippen LogP contribution < -0.4 is 5.32 Å². The lowest BCUT2D eigenvalue weighted by atomic mass is 10.0. The van der Waals surface area contributed by atoms with E-state index in [0.29, 0.717) is 5.92 Å². The van der Waals surface area contributed by atoms with E-state index >= 15 is 0 Å². The summed E-state index contributed by atoms with van der Waals surface area (Å²) in [6, 6.07) is 15.4. The molecule has 0 saturated heterocycles. The van der Waals surface area contributed by atoms with Gasteiger partial charge in [0.2, 0.25) is 0 Å². The van der Waals surface area contributed by atoms with Crippen molar-refractivity contribution in [2.24, 2.45) is 0 Å². The summed E-state index contributed by atoms with van der Waals surface area (Å²) in [5.74, 6) is 0.583. The molecule has 2 rings (SSSR count). The Morgan fingerprint density at radius 3 is 2.43 bits per heavy atom. The van der Waals surface area contributed by atoms with Crippen molar-refractivity contribution in [1.29, 1.82) is 0 Å². The normalized spacial score (nSPS) is 11.1. The second-order valence-electron chi connectivity index (χ2n) is 5.36. The van der Waals surface area contributed by atoms with Gasteiger partial charge in [0.15, 0.2) is 0 Å². The highest BCUT2D eigenvalue weighted by molar-refractivity contribution is 9.10. The third-order valence-corrected chi connectivity index (χ3v) is 4.97. The molecule has 112 valence electrons. The summed E-state index contributed by atoms with van der Waals surface area (Å²) in [6.07, 6.45) is 0. The van der Waals surface area contributed by atoms with Crippen LogP contribution in [0, 0.1) is 0 Å². The molecule has 0 unspecified atom stereocenters. The van der Waals surface area contributed by atoms with Crippen molar-refractivity contribution in [1.82, 2.24) is 5.32 Å². The van der Waals surface area contributed by atoms with Gasteiger partial charge in [-0.15, -0.1) is 0 Å². The Balaban J connectivity index is 2.19. The summed E-state index contributed by atoms with van der Waals surface area (Å²) in [5.41, 5.74) is 2.74. The van der Waals surface area contributed by atoms with Crippen molar-refractivity contribution in [3.63, 3.8) is 0 Å². The molecule has 0 aliphatic heterocycles. The van der Waals surface area contributed by atoms with Gasteiger partial charge in [0.1, 0.15) is 0 Å². The molecule has 0 spiro atoms. The fraction of sp³-hybridized carbons (Fsp3) is 0.333. The van der Waals surface area contributed by atoms with Crippen LogP contribution in [0.4, 0.5) is 0 Å². The Kier molecular flexibility index (Phi) is 6.34. The highest BCUT2D eigenvalue weighted by Gasteiger charge is 2.06. The lowest BCUT2D eigenvalue weighted by Gasteiger charge is -2.11. The zero-order valence-corrected chi connectivity index (χ0v) is 15.2. The fourth-order valence-electron chi connectivity index (χ4n) is 2.08. The first kappa shape index (κ1) is 16.6. The summed E-state index contributed by atoms with van der Waals surface area (Å²) in [4.78, 5) is 2.60. The molecule has 3 heteroatoms. The van der Waals surface area contributed by atoms with Crippen LogP contribution in [0.25, 0.3) is 0 Å². The van der Waals surface area contributed by atoms with Gasteiger partial charge in [-0.05, 0) is 47.9 Å². The smallest absolute Gasteiger partial charge is 0.0216 e. The third kappa shape index (κ3) is 4.87. The van der Waals surface area contributed by atoms with Gasteiger partial charge in [-0.3, -0.25) is 0 Å².